The summed E-state index contributed by atoms with van der Waals surface area (Å²) in [5.41, 5.74) is -0.521. The summed E-state index contributed by atoms with van der Waals surface area (Å²) in [5, 5.41) is 0. The summed E-state index contributed by atoms with van der Waals surface area (Å²) in [6, 6.07) is 0.0359. The number of ether oxygens (including phenoxy) is 1. The van der Waals surface area contributed by atoms with Crippen LogP contribution >= 0.6 is 0 Å². The fourth-order valence-electron chi connectivity index (χ4n) is 1.49. The fraction of sp³-hybridized carbons (Fsp3) is 0.818. The molecule has 92 valence electrons. The van der Waals surface area contributed by atoms with Crippen molar-refractivity contribution in [2.45, 2.75) is 39.3 Å². The number of hydrogen-bond acceptors (Lipinski definition) is 3. The molecule has 1 rings (SSSR count). The Balaban J connectivity index is 2.62. The molecule has 0 radical (unpaired) electrons. The Kier molecular flexibility index (Phi) is 3.45. The van der Waals surface area contributed by atoms with Crippen LogP contribution in [0.25, 0.3) is 0 Å². The molecule has 0 aliphatic carbocycles. The Morgan fingerprint density at radius 3 is 2.44 bits per heavy atom. The largest absolute Gasteiger partial charge is 0.444 e. The third-order valence-electron chi connectivity index (χ3n) is 2.52. The van der Waals surface area contributed by atoms with Crippen molar-refractivity contribution in [1.29, 1.82) is 0 Å². The molecule has 0 saturated carbocycles. The van der Waals surface area contributed by atoms with Crippen LogP contribution in [-0.4, -0.2) is 53.6 Å². The molecule has 0 bridgehead atoms. The van der Waals surface area contributed by atoms with Gasteiger partial charge in [-0.05, 0) is 27.7 Å². The maximum absolute atomic E-state index is 11.7. The average molecular weight is 228 g/mol. The van der Waals surface area contributed by atoms with Crippen LogP contribution in [0.15, 0.2) is 0 Å². The molecule has 1 fully saturated rings. The number of likely N-dealkylation sites (N-methyl/N-ethyl adjacent to an activating group) is 1. The highest BCUT2D eigenvalue weighted by atomic mass is 16.6. The normalized spacial score (nSPS) is 22.3. The van der Waals surface area contributed by atoms with Gasteiger partial charge in [-0.15, -0.1) is 0 Å². The van der Waals surface area contributed by atoms with E-state index in [-0.39, 0.29) is 18.5 Å². The highest BCUT2D eigenvalue weighted by molar-refractivity contribution is 5.83. The second-order valence-electron chi connectivity index (χ2n) is 5.21. The highest BCUT2D eigenvalue weighted by Crippen LogP contribution is 2.14. The smallest absolute Gasteiger partial charge is 0.410 e. The summed E-state index contributed by atoms with van der Waals surface area (Å²) in [6.45, 7) is 7.98. The van der Waals surface area contributed by atoms with Crippen molar-refractivity contribution >= 4 is 12.0 Å². The molecule has 1 heterocycles. The van der Waals surface area contributed by atoms with Gasteiger partial charge in [-0.1, -0.05) is 0 Å². The summed E-state index contributed by atoms with van der Waals surface area (Å²) in [6.07, 6.45) is -0.416. The first-order chi connectivity index (χ1) is 7.20. The summed E-state index contributed by atoms with van der Waals surface area (Å²) < 4.78 is 5.23. The number of hydrogen-bond donors (Lipinski definition) is 0. The molecule has 0 aromatic heterocycles. The molecule has 2 amide bonds. The first-order valence-corrected chi connectivity index (χ1v) is 5.44. The van der Waals surface area contributed by atoms with Crippen LogP contribution in [0.1, 0.15) is 27.7 Å². The van der Waals surface area contributed by atoms with Gasteiger partial charge in [0, 0.05) is 19.6 Å². The third-order valence-corrected chi connectivity index (χ3v) is 2.52. The molecule has 1 saturated heterocycles. The van der Waals surface area contributed by atoms with E-state index >= 15 is 0 Å². The van der Waals surface area contributed by atoms with Gasteiger partial charge in [0.1, 0.15) is 12.1 Å². The van der Waals surface area contributed by atoms with E-state index < -0.39 is 11.7 Å². The average Bonchev–Trinajstić information content (AvgIpc) is 2.10. The lowest BCUT2D eigenvalue weighted by molar-refractivity contribution is -0.137. The zero-order valence-electron chi connectivity index (χ0n) is 10.6. The van der Waals surface area contributed by atoms with E-state index in [4.69, 9.17) is 4.74 Å². The molecule has 0 N–H and O–H groups in total. The number of nitrogens with zero attached hydrogens (tertiary/aromatic N) is 2. The van der Waals surface area contributed by atoms with Crippen molar-refractivity contribution < 1.29 is 14.3 Å². The number of piperazine rings is 1. The van der Waals surface area contributed by atoms with Crippen molar-refractivity contribution in [3.05, 3.63) is 0 Å². The Bertz CT molecular complexity index is 296. The van der Waals surface area contributed by atoms with E-state index in [9.17, 15) is 9.59 Å². The monoisotopic (exact) mass is 228 g/mol. The molecule has 5 nitrogen and oxygen atoms in total. The Labute approximate surface area is 96.3 Å². The minimum Gasteiger partial charge on any atom is -0.444 e. The predicted molar refractivity (Wildman–Crippen MR) is 60.0 cm³/mol. The van der Waals surface area contributed by atoms with E-state index in [2.05, 4.69) is 0 Å². The maximum atomic E-state index is 11.7. The standard InChI is InChI=1S/C11H20N2O3/c1-8-6-13(7-9(14)12(8)5)10(15)16-11(2,3)4/h8H,6-7H2,1-5H3. The first-order valence-electron chi connectivity index (χ1n) is 5.44. The van der Waals surface area contributed by atoms with Crippen LogP contribution in [0, 0.1) is 0 Å². The first kappa shape index (κ1) is 12.8. The van der Waals surface area contributed by atoms with E-state index in [0.717, 1.165) is 0 Å². The molecule has 0 spiro atoms. The van der Waals surface area contributed by atoms with Gasteiger partial charge >= 0.3 is 6.09 Å². The molecule has 0 aromatic rings. The van der Waals surface area contributed by atoms with Crippen molar-refractivity contribution in [2.24, 2.45) is 0 Å². The van der Waals surface area contributed by atoms with Crippen LogP contribution in [0.5, 0.6) is 0 Å². The van der Waals surface area contributed by atoms with Crippen molar-refractivity contribution in [3.63, 3.8) is 0 Å². The van der Waals surface area contributed by atoms with Gasteiger partial charge in [-0.25, -0.2) is 4.79 Å². The van der Waals surface area contributed by atoms with Gasteiger partial charge in [0.15, 0.2) is 0 Å². The lowest BCUT2D eigenvalue weighted by Crippen LogP contribution is -2.55. The number of carbonyl (C=O) groups excluding carboxylic acids is 2. The molecule has 5 heteroatoms. The number of amides is 2. The molecule has 1 unspecified atom stereocenters. The minimum absolute atomic E-state index is 0.0359. The Hall–Kier alpha value is -1.26. The predicted octanol–water partition coefficient (Wildman–Crippen LogP) is 1.08. The topological polar surface area (TPSA) is 49.9 Å². The number of carbonyl (C=O) groups is 2. The van der Waals surface area contributed by atoms with Crippen LogP contribution in [0.4, 0.5) is 4.79 Å². The summed E-state index contributed by atoms with van der Waals surface area (Å²) in [5.74, 6) is -0.0513. The van der Waals surface area contributed by atoms with Gasteiger partial charge in [0.05, 0.1) is 0 Å². The van der Waals surface area contributed by atoms with E-state index in [1.54, 1.807) is 11.9 Å². The lowest BCUT2D eigenvalue weighted by Gasteiger charge is -2.37. The van der Waals surface area contributed by atoms with Gasteiger partial charge in [0.2, 0.25) is 5.91 Å². The molecule has 1 aliphatic rings. The molecule has 16 heavy (non-hydrogen) atoms. The van der Waals surface area contributed by atoms with Crippen molar-refractivity contribution in [1.82, 2.24) is 9.80 Å². The minimum atomic E-state index is -0.521. The van der Waals surface area contributed by atoms with E-state index in [0.29, 0.717) is 6.54 Å². The lowest BCUT2D eigenvalue weighted by atomic mass is 10.2. The zero-order valence-corrected chi connectivity index (χ0v) is 10.6. The molecule has 1 atom stereocenters. The van der Waals surface area contributed by atoms with Gasteiger partial charge in [0.25, 0.3) is 0 Å². The van der Waals surface area contributed by atoms with Crippen LogP contribution in [0.2, 0.25) is 0 Å². The second kappa shape index (κ2) is 4.31. The quantitative estimate of drug-likeness (QED) is 0.623. The molecule has 0 aromatic carbocycles. The molecule has 1 aliphatic heterocycles. The van der Waals surface area contributed by atoms with Crippen LogP contribution in [0.3, 0.4) is 0 Å². The summed E-state index contributed by atoms with van der Waals surface area (Å²) in [7, 11) is 1.75. The fourth-order valence-corrected chi connectivity index (χ4v) is 1.49. The summed E-state index contributed by atoms with van der Waals surface area (Å²) in [4.78, 5) is 26.4. The van der Waals surface area contributed by atoms with E-state index in [1.807, 2.05) is 27.7 Å². The van der Waals surface area contributed by atoms with Gasteiger partial charge in [-0.3, -0.25) is 9.69 Å². The maximum Gasteiger partial charge on any atom is 0.410 e. The Morgan fingerprint density at radius 2 is 2.00 bits per heavy atom. The Morgan fingerprint density at radius 1 is 1.44 bits per heavy atom. The van der Waals surface area contributed by atoms with Crippen LogP contribution < -0.4 is 0 Å². The number of rotatable bonds is 0. The SMILES string of the molecule is CC1CN(C(=O)OC(C)(C)C)CC(=O)N1C. The van der Waals surface area contributed by atoms with Gasteiger partial charge in [-0.2, -0.15) is 0 Å². The third kappa shape index (κ3) is 3.12. The van der Waals surface area contributed by atoms with Crippen LogP contribution in [-0.2, 0) is 9.53 Å². The van der Waals surface area contributed by atoms with Crippen molar-refractivity contribution in [2.75, 3.05) is 20.1 Å². The van der Waals surface area contributed by atoms with E-state index in [1.165, 1.54) is 4.90 Å². The zero-order chi connectivity index (χ0) is 12.5. The van der Waals surface area contributed by atoms with Crippen molar-refractivity contribution in [3.8, 4) is 0 Å². The van der Waals surface area contributed by atoms with Gasteiger partial charge < -0.3 is 9.64 Å². The summed E-state index contributed by atoms with van der Waals surface area (Å²) >= 11 is 0. The highest BCUT2D eigenvalue weighted by Gasteiger charge is 2.32. The second-order valence-corrected chi connectivity index (χ2v) is 5.21. The molecular weight excluding hydrogens is 208 g/mol. The molecular formula is C11H20N2O3.